The lowest BCUT2D eigenvalue weighted by Crippen LogP contribution is -2.37. The molecule has 0 aromatic heterocycles. The molecule has 0 aliphatic carbocycles. The highest BCUT2D eigenvalue weighted by molar-refractivity contribution is 5.73. The number of amides is 1. The number of nitrogens with zero attached hydrogens (tertiary/aromatic N) is 2. The van der Waals surface area contributed by atoms with Crippen LogP contribution in [0.5, 0.6) is 0 Å². The van der Waals surface area contributed by atoms with Gasteiger partial charge >= 0.3 is 0 Å². The van der Waals surface area contributed by atoms with Crippen LogP contribution in [0, 0.1) is 0 Å². The van der Waals surface area contributed by atoms with Gasteiger partial charge in [-0.25, -0.2) is 0 Å². The fourth-order valence-corrected chi connectivity index (χ4v) is 0.921. The number of hydrogen-bond acceptors (Lipinski definition) is 1. The minimum Gasteiger partial charge on any atom is -0.659 e. The fraction of sp³-hybridized carbons (Fsp3) is 0.833. The van der Waals surface area contributed by atoms with E-state index in [0.29, 0.717) is 0 Å². The summed E-state index contributed by atoms with van der Waals surface area (Å²) in [6.45, 7) is 4.87. The van der Waals surface area contributed by atoms with Gasteiger partial charge in [-0.05, 0) is 0 Å². The standard InChI is InChI=1S/C6H11N2O/c1-6(9)8-4-2-7-3-5-8/h2-5H2,1H3/q-1. The van der Waals surface area contributed by atoms with Gasteiger partial charge in [0.1, 0.15) is 0 Å². The summed E-state index contributed by atoms with van der Waals surface area (Å²) >= 11 is 0. The molecular weight excluding hydrogens is 116 g/mol. The lowest BCUT2D eigenvalue weighted by atomic mass is 10.4. The summed E-state index contributed by atoms with van der Waals surface area (Å²) in [5.74, 6) is 0.171. The van der Waals surface area contributed by atoms with Gasteiger partial charge in [-0.15, -0.1) is 13.1 Å². The molecule has 1 rings (SSSR count). The van der Waals surface area contributed by atoms with Crippen molar-refractivity contribution in [3.8, 4) is 0 Å². The topological polar surface area (TPSA) is 34.4 Å². The van der Waals surface area contributed by atoms with E-state index in [1.165, 1.54) is 0 Å². The maximum atomic E-state index is 10.7. The summed E-state index contributed by atoms with van der Waals surface area (Å²) in [6, 6.07) is 0. The fourth-order valence-electron chi connectivity index (χ4n) is 0.921. The first-order valence-electron chi connectivity index (χ1n) is 3.19. The Bertz CT molecular complexity index is 108. The van der Waals surface area contributed by atoms with Crippen molar-refractivity contribution in [3.05, 3.63) is 5.32 Å². The van der Waals surface area contributed by atoms with Crippen LogP contribution in [0.15, 0.2) is 0 Å². The Morgan fingerprint density at radius 3 is 2.33 bits per heavy atom. The Hall–Kier alpha value is -0.570. The molecule has 1 saturated heterocycles. The third kappa shape index (κ3) is 1.68. The molecule has 0 bridgehead atoms. The smallest absolute Gasteiger partial charge is 0.219 e. The molecular formula is C6H11N2O-. The molecule has 1 amide bonds. The highest BCUT2D eigenvalue weighted by Gasteiger charge is 2.05. The van der Waals surface area contributed by atoms with E-state index in [9.17, 15) is 4.79 Å². The first kappa shape index (κ1) is 6.55. The summed E-state index contributed by atoms with van der Waals surface area (Å²) < 4.78 is 0. The van der Waals surface area contributed by atoms with Crippen LogP contribution in [0.25, 0.3) is 5.32 Å². The van der Waals surface area contributed by atoms with Crippen LogP contribution in [0.2, 0.25) is 0 Å². The normalized spacial score (nSPS) is 19.9. The van der Waals surface area contributed by atoms with Crippen LogP contribution in [-0.4, -0.2) is 37.0 Å². The predicted octanol–water partition coefficient (Wildman–Crippen LogP) is 0.222. The molecule has 1 heterocycles. The van der Waals surface area contributed by atoms with Crippen molar-refractivity contribution in [2.24, 2.45) is 0 Å². The molecule has 0 saturated carbocycles. The van der Waals surface area contributed by atoms with Crippen LogP contribution in [0.1, 0.15) is 6.92 Å². The van der Waals surface area contributed by atoms with Gasteiger partial charge in [-0.2, -0.15) is 0 Å². The van der Waals surface area contributed by atoms with Crippen LogP contribution in [0.3, 0.4) is 0 Å². The molecule has 1 aliphatic rings. The molecule has 9 heavy (non-hydrogen) atoms. The van der Waals surface area contributed by atoms with E-state index < -0.39 is 0 Å². The molecule has 0 unspecified atom stereocenters. The zero-order chi connectivity index (χ0) is 6.69. The van der Waals surface area contributed by atoms with Crippen molar-refractivity contribution in [1.82, 2.24) is 4.90 Å². The summed E-state index contributed by atoms with van der Waals surface area (Å²) in [5, 5.41) is 4.12. The molecule has 0 aromatic carbocycles. The van der Waals surface area contributed by atoms with Gasteiger partial charge in [-0.3, -0.25) is 4.79 Å². The molecule has 0 atom stereocenters. The van der Waals surface area contributed by atoms with Crippen molar-refractivity contribution >= 4 is 5.91 Å². The first-order chi connectivity index (χ1) is 4.30. The highest BCUT2D eigenvalue weighted by Crippen LogP contribution is 2.00. The van der Waals surface area contributed by atoms with Crippen LogP contribution < -0.4 is 0 Å². The minimum absolute atomic E-state index is 0.171. The van der Waals surface area contributed by atoms with Gasteiger partial charge in [0, 0.05) is 20.0 Å². The third-order valence-electron chi connectivity index (χ3n) is 1.50. The Balaban J connectivity index is 2.31. The first-order valence-corrected chi connectivity index (χ1v) is 3.19. The molecule has 52 valence electrons. The minimum atomic E-state index is 0.171. The quantitative estimate of drug-likeness (QED) is 0.458. The summed E-state index contributed by atoms with van der Waals surface area (Å²) in [6.07, 6.45) is 0. The largest absolute Gasteiger partial charge is 0.659 e. The van der Waals surface area contributed by atoms with Gasteiger partial charge in [0.25, 0.3) is 0 Å². The number of piperazine rings is 1. The number of carbonyl (C=O) groups is 1. The predicted molar refractivity (Wildman–Crippen MR) is 35.3 cm³/mol. The van der Waals surface area contributed by atoms with Crippen molar-refractivity contribution in [2.75, 3.05) is 26.2 Å². The zero-order valence-electron chi connectivity index (χ0n) is 5.63. The highest BCUT2D eigenvalue weighted by atomic mass is 16.2. The van der Waals surface area contributed by atoms with Crippen molar-refractivity contribution in [1.29, 1.82) is 0 Å². The van der Waals surface area contributed by atoms with E-state index >= 15 is 0 Å². The molecule has 0 aromatic rings. The molecule has 0 N–H and O–H groups in total. The molecule has 3 heteroatoms. The summed E-state index contributed by atoms with van der Waals surface area (Å²) in [5.41, 5.74) is 0. The lowest BCUT2D eigenvalue weighted by molar-refractivity contribution is -0.128. The average molecular weight is 127 g/mol. The monoisotopic (exact) mass is 127 g/mol. The van der Waals surface area contributed by atoms with Crippen molar-refractivity contribution in [3.63, 3.8) is 0 Å². The maximum absolute atomic E-state index is 10.7. The Kier molecular flexibility index (Phi) is 2.05. The van der Waals surface area contributed by atoms with Gasteiger partial charge < -0.3 is 10.2 Å². The van der Waals surface area contributed by atoms with E-state index in [1.54, 1.807) is 6.92 Å². The Morgan fingerprint density at radius 2 is 2.00 bits per heavy atom. The van der Waals surface area contributed by atoms with E-state index in [4.69, 9.17) is 0 Å². The Morgan fingerprint density at radius 1 is 1.44 bits per heavy atom. The van der Waals surface area contributed by atoms with Crippen LogP contribution in [-0.2, 0) is 4.79 Å². The second kappa shape index (κ2) is 2.82. The van der Waals surface area contributed by atoms with E-state index in [2.05, 4.69) is 5.32 Å². The molecule has 0 radical (unpaired) electrons. The zero-order valence-corrected chi connectivity index (χ0v) is 5.63. The summed E-state index contributed by atoms with van der Waals surface area (Å²) in [7, 11) is 0. The molecule has 0 spiro atoms. The second-order valence-electron chi connectivity index (χ2n) is 2.18. The van der Waals surface area contributed by atoms with Crippen LogP contribution in [0.4, 0.5) is 0 Å². The van der Waals surface area contributed by atoms with Crippen molar-refractivity contribution < 1.29 is 4.79 Å². The van der Waals surface area contributed by atoms with Gasteiger partial charge in [0.2, 0.25) is 5.91 Å². The maximum Gasteiger partial charge on any atom is 0.219 e. The molecule has 3 nitrogen and oxygen atoms in total. The van der Waals surface area contributed by atoms with Gasteiger partial charge in [0.05, 0.1) is 0 Å². The summed E-state index contributed by atoms with van der Waals surface area (Å²) in [4.78, 5) is 12.5. The SMILES string of the molecule is CC(=O)N1CC[N-]CC1. The van der Waals surface area contributed by atoms with E-state index in [-0.39, 0.29) is 5.91 Å². The lowest BCUT2D eigenvalue weighted by Gasteiger charge is -2.34. The van der Waals surface area contributed by atoms with Crippen molar-refractivity contribution in [2.45, 2.75) is 6.92 Å². The van der Waals surface area contributed by atoms with E-state index in [1.807, 2.05) is 4.90 Å². The second-order valence-corrected chi connectivity index (χ2v) is 2.18. The van der Waals surface area contributed by atoms with Gasteiger partial charge in [0.15, 0.2) is 0 Å². The molecule has 1 aliphatic heterocycles. The van der Waals surface area contributed by atoms with E-state index in [0.717, 1.165) is 26.2 Å². The average Bonchev–Trinajstić information content (AvgIpc) is 1.90. The number of hydrogen-bond donors (Lipinski definition) is 0. The van der Waals surface area contributed by atoms with Crippen LogP contribution >= 0.6 is 0 Å². The third-order valence-corrected chi connectivity index (χ3v) is 1.50. The number of carbonyl (C=O) groups excluding carboxylic acids is 1. The number of rotatable bonds is 0. The molecule has 1 fully saturated rings. The van der Waals surface area contributed by atoms with Gasteiger partial charge in [-0.1, -0.05) is 0 Å². The Labute approximate surface area is 55.0 Å².